The van der Waals surface area contributed by atoms with Crippen molar-refractivity contribution in [3.63, 3.8) is 0 Å². The van der Waals surface area contributed by atoms with E-state index in [9.17, 15) is 4.79 Å². The Morgan fingerprint density at radius 2 is 2.00 bits per heavy atom. The van der Waals surface area contributed by atoms with Gasteiger partial charge in [-0.15, -0.1) is 0 Å². The molecule has 1 fully saturated rings. The third-order valence-corrected chi connectivity index (χ3v) is 2.25. The normalized spacial score (nSPS) is 18.2. The summed E-state index contributed by atoms with van der Waals surface area (Å²) in [5, 5.41) is 2.74. The fourth-order valence-corrected chi connectivity index (χ4v) is 1.50. The first-order valence-corrected chi connectivity index (χ1v) is 5.41. The number of rotatable bonds is 2. The van der Waals surface area contributed by atoms with Gasteiger partial charge in [-0.3, -0.25) is 4.79 Å². The van der Waals surface area contributed by atoms with Crippen LogP contribution in [0.3, 0.4) is 0 Å². The van der Waals surface area contributed by atoms with Crippen molar-refractivity contribution in [2.24, 2.45) is 5.92 Å². The fourth-order valence-electron chi connectivity index (χ4n) is 1.50. The molecule has 1 rings (SSSR count). The Morgan fingerprint density at radius 3 is 2.27 bits per heavy atom. The molecule has 0 spiro atoms. The molecule has 84 valence electrons. The van der Waals surface area contributed by atoms with Crippen LogP contribution in [0.25, 0.3) is 0 Å². The summed E-state index contributed by atoms with van der Waals surface area (Å²) in [5.74, 6) is 0.326. The SMILES string of the molecule is C=C/C(=C1/CNC(=O)C1=C)C(C)C.CC. The molecule has 0 radical (unpaired) electrons. The molecule has 0 bridgehead atoms. The molecule has 1 heterocycles. The van der Waals surface area contributed by atoms with Crippen LogP contribution in [0.5, 0.6) is 0 Å². The second kappa shape index (κ2) is 6.23. The average molecular weight is 207 g/mol. The quantitative estimate of drug-likeness (QED) is 0.693. The van der Waals surface area contributed by atoms with Gasteiger partial charge in [0.25, 0.3) is 5.91 Å². The van der Waals surface area contributed by atoms with E-state index in [1.807, 2.05) is 19.9 Å². The molecule has 0 aliphatic carbocycles. The first-order chi connectivity index (χ1) is 7.07. The molecule has 0 unspecified atom stereocenters. The van der Waals surface area contributed by atoms with Gasteiger partial charge in [0.15, 0.2) is 0 Å². The molecule has 1 amide bonds. The molecule has 0 aromatic rings. The van der Waals surface area contributed by atoms with Gasteiger partial charge >= 0.3 is 0 Å². The predicted octanol–water partition coefficient (Wildman–Crippen LogP) is 2.84. The van der Waals surface area contributed by atoms with Gasteiger partial charge in [0.05, 0.1) is 0 Å². The molecule has 1 N–H and O–H groups in total. The van der Waals surface area contributed by atoms with Crippen LogP contribution in [0, 0.1) is 5.92 Å². The minimum atomic E-state index is -0.0602. The van der Waals surface area contributed by atoms with Gasteiger partial charge in [0.2, 0.25) is 0 Å². The van der Waals surface area contributed by atoms with Crippen molar-refractivity contribution < 1.29 is 4.79 Å². The Balaban J connectivity index is 0.000000921. The maximum Gasteiger partial charge on any atom is 0.251 e. The van der Waals surface area contributed by atoms with Gasteiger partial charge in [-0.2, -0.15) is 0 Å². The molecule has 0 aromatic carbocycles. The molecule has 1 aliphatic rings. The zero-order valence-corrected chi connectivity index (χ0v) is 10.2. The van der Waals surface area contributed by atoms with Crippen molar-refractivity contribution >= 4 is 5.91 Å². The van der Waals surface area contributed by atoms with Crippen molar-refractivity contribution in [2.45, 2.75) is 27.7 Å². The minimum absolute atomic E-state index is 0.0602. The summed E-state index contributed by atoms with van der Waals surface area (Å²) in [6.07, 6.45) is 1.81. The molecule has 0 saturated carbocycles. The zero-order valence-electron chi connectivity index (χ0n) is 10.2. The van der Waals surface area contributed by atoms with E-state index in [1.165, 1.54) is 0 Å². The first kappa shape index (κ1) is 13.7. The van der Waals surface area contributed by atoms with Crippen LogP contribution in [-0.2, 0) is 4.79 Å². The van der Waals surface area contributed by atoms with E-state index < -0.39 is 0 Å². The van der Waals surface area contributed by atoms with Crippen molar-refractivity contribution in [3.05, 3.63) is 36.0 Å². The lowest BCUT2D eigenvalue weighted by molar-refractivity contribution is -0.116. The highest BCUT2D eigenvalue weighted by molar-refractivity contribution is 6.01. The maximum atomic E-state index is 11.1. The van der Waals surface area contributed by atoms with Crippen LogP contribution in [0.4, 0.5) is 0 Å². The van der Waals surface area contributed by atoms with Crippen LogP contribution in [0.1, 0.15) is 27.7 Å². The second-order valence-corrected chi connectivity index (χ2v) is 3.45. The van der Waals surface area contributed by atoms with Gasteiger partial charge in [-0.25, -0.2) is 0 Å². The first-order valence-electron chi connectivity index (χ1n) is 5.41. The van der Waals surface area contributed by atoms with E-state index in [0.717, 1.165) is 11.1 Å². The number of hydrogen-bond acceptors (Lipinski definition) is 1. The van der Waals surface area contributed by atoms with Crippen molar-refractivity contribution in [3.8, 4) is 0 Å². The van der Waals surface area contributed by atoms with Gasteiger partial charge in [0.1, 0.15) is 0 Å². The monoisotopic (exact) mass is 207 g/mol. The lowest BCUT2D eigenvalue weighted by Crippen LogP contribution is -2.13. The van der Waals surface area contributed by atoms with Crippen molar-refractivity contribution in [2.75, 3.05) is 6.54 Å². The highest BCUT2D eigenvalue weighted by atomic mass is 16.2. The van der Waals surface area contributed by atoms with E-state index in [-0.39, 0.29) is 5.91 Å². The molecular formula is C13H21NO. The van der Waals surface area contributed by atoms with Gasteiger partial charge in [-0.05, 0) is 17.1 Å². The molecule has 0 aromatic heterocycles. The van der Waals surface area contributed by atoms with Crippen LogP contribution >= 0.6 is 0 Å². The summed E-state index contributed by atoms with van der Waals surface area (Å²) in [6.45, 7) is 16.3. The maximum absolute atomic E-state index is 11.1. The number of hydrogen-bond donors (Lipinski definition) is 1. The Morgan fingerprint density at radius 1 is 1.47 bits per heavy atom. The smallest absolute Gasteiger partial charge is 0.251 e. The Kier molecular flexibility index (Phi) is 5.68. The lowest BCUT2D eigenvalue weighted by Gasteiger charge is -2.09. The number of carbonyl (C=O) groups is 1. The molecule has 15 heavy (non-hydrogen) atoms. The summed E-state index contributed by atoms with van der Waals surface area (Å²) in [7, 11) is 0. The Hall–Kier alpha value is -1.31. The minimum Gasteiger partial charge on any atom is -0.348 e. The zero-order chi connectivity index (χ0) is 12.0. The van der Waals surface area contributed by atoms with Crippen LogP contribution in [0.15, 0.2) is 36.0 Å². The topological polar surface area (TPSA) is 29.1 Å². The second-order valence-electron chi connectivity index (χ2n) is 3.45. The number of amides is 1. The van der Waals surface area contributed by atoms with E-state index in [0.29, 0.717) is 18.0 Å². The molecule has 2 heteroatoms. The largest absolute Gasteiger partial charge is 0.348 e. The highest BCUT2D eigenvalue weighted by Gasteiger charge is 2.22. The van der Waals surface area contributed by atoms with Crippen LogP contribution < -0.4 is 5.32 Å². The predicted molar refractivity (Wildman–Crippen MR) is 65.6 cm³/mol. The number of allylic oxidation sites excluding steroid dienone is 2. The molecule has 1 aliphatic heterocycles. The molecular weight excluding hydrogens is 186 g/mol. The average Bonchev–Trinajstić information content (AvgIpc) is 2.54. The van der Waals surface area contributed by atoms with E-state index >= 15 is 0 Å². The highest BCUT2D eigenvalue weighted by Crippen LogP contribution is 2.23. The summed E-state index contributed by atoms with van der Waals surface area (Å²) in [6, 6.07) is 0. The molecule has 0 atom stereocenters. The number of carbonyl (C=O) groups excluding carboxylic acids is 1. The lowest BCUT2D eigenvalue weighted by atomic mass is 9.95. The molecule has 2 nitrogen and oxygen atoms in total. The Labute approximate surface area is 92.8 Å². The summed E-state index contributed by atoms with van der Waals surface area (Å²) in [4.78, 5) is 11.1. The molecule has 1 saturated heterocycles. The van der Waals surface area contributed by atoms with E-state index in [2.05, 4.69) is 32.3 Å². The fraction of sp³-hybridized carbons (Fsp3) is 0.462. The third kappa shape index (κ3) is 3.08. The van der Waals surface area contributed by atoms with Crippen LogP contribution in [-0.4, -0.2) is 12.5 Å². The van der Waals surface area contributed by atoms with E-state index in [1.54, 1.807) is 0 Å². The summed E-state index contributed by atoms with van der Waals surface area (Å²) < 4.78 is 0. The van der Waals surface area contributed by atoms with Gasteiger partial charge in [-0.1, -0.05) is 46.9 Å². The standard InChI is InChI=1S/C11H15NO.C2H6/c1-5-9(7(2)3)10-6-12-11(13)8(10)4;1-2/h5,7H,1,4,6H2,2-3H3,(H,12,13);1-2H3/b10-9+;. The van der Waals surface area contributed by atoms with Crippen molar-refractivity contribution in [1.29, 1.82) is 0 Å². The summed E-state index contributed by atoms with van der Waals surface area (Å²) >= 11 is 0. The van der Waals surface area contributed by atoms with Gasteiger partial charge in [0, 0.05) is 12.1 Å². The van der Waals surface area contributed by atoms with Gasteiger partial charge < -0.3 is 5.32 Å². The Bertz CT molecular complexity index is 298. The number of nitrogens with one attached hydrogen (secondary N) is 1. The summed E-state index contributed by atoms with van der Waals surface area (Å²) in [5.41, 5.74) is 2.71. The van der Waals surface area contributed by atoms with E-state index in [4.69, 9.17) is 0 Å². The van der Waals surface area contributed by atoms with Crippen molar-refractivity contribution in [1.82, 2.24) is 5.32 Å². The third-order valence-electron chi connectivity index (χ3n) is 2.25. The van der Waals surface area contributed by atoms with Crippen LogP contribution in [0.2, 0.25) is 0 Å².